The molecule has 0 bridgehead atoms. The Morgan fingerprint density at radius 1 is 1.29 bits per heavy atom. The van der Waals surface area contributed by atoms with Gasteiger partial charge in [-0.05, 0) is 43.0 Å². The fourth-order valence-electron chi connectivity index (χ4n) is 1.81. The van der Waals surface area contributed by atoms with Crippen molar-refractivity contribution in [2.24, 2.45) is 5.41 Å². The first-order valence-corrected chi connectivity index (χ1v) is 5.78. The normalized spacial score (nSPS) is 13.2. The quantitative estimate of drug-likeness (QED) is 0.869. The van der Waals surface area contributed by atoms with Crippen molar-refractivity contribution in [1.29, 1.82) is 0 Å². The second-order valence-corrected chi connectivity index (χ2v) is 5.52. The van der Waals surface area contributed by atoms with E-state index in [2.05, 4.69) is 20.8 Å². The standard InChI is InChI=1S/C14H20O3/c1-10(9-14(2,3)4)17-12-7-5-11(6-8-12)13(15)16/h5-8,10H,9H2,1-4H3,(H,15,16). The number of carboxylic acids is 1. The summed E-state index contributed by atoms with van der Waals surface area (Å²) in [5.41, 5.74) is 0.501. The van der Waals surface area contributed by atoms with E-state index in [-0.39, 0.29) is 17.1 Å². The highest BCUT2D eigenvalue weighted by Crippen LogP contribution is 2.23. The van der Waals surface area contributed by atoms with Crippen molar-refractivity contribution in [1.82, 2.24) is 0 Å². The molecule has 1 rings (SSSR count). The molecule has 1 atom stereocenters. The van der Waals surface area contributed by atoms with Crippen LogP contribution in [0.3, 0.4) is 0 Å². The summed E-state index contributed by atoms with van der Waals surface area (Å²) in [6.45, 7) is 8.53. The number of aromatic carboxylic acids is 1. The molecule has 0 aromatic heterocycles. The average molecular weight is 236 g/mol. The van der Waals surface area contributed by atoms with Gasteiger partial charge in [-0.2, -0.15) is 0 Å². The third-order valence-electron chi connectivity index (χ3n) is 2.34. The minimum Gasteiger partial charge on any atom is -0.491 e. The van der Waals surface area contributed by atoms with Crippen LogP contribution in [0.25, 0.3) is 0 Å². The Labute approximate surface area is 102 Å². The number of hydrogen-bond donors (Lipinski definition) is 1. The summed E-state index contributed by atoms with van der Waals surface area (Å²) in [6, 6.07) is 6.51. The van der Waals surface area contributed by atoms with E-state index in [1.165, 1.54) is 0 Å². The molecular formula is C14H20O3. The van der Waals surface area contributed by atoms with Crippen LogP contribution < -0.4 is 4.74 Å². The lowest BCUT2D eigenvalue weighted by Gasteiger charge is -2.24. The van der Waals surface area contributed by atoms with Crippen LogP contribution in [0.5, 0.6) is 5.75 Å². The van der Waals surface area contributed by atoms with Crippen molar-refractivity contribution in [2.45, 2.75) is 40.2 Å². The Bertz CT molecular complexity index is 373. The molecular weight excluding hydrogens is 216 g/mol. The summed E-state index contributed by atoms with van der Waals surface area (Å²) in [7, 11) is 0. The number of ether oxygens (including phenoxy) is 1. The number of benzene rings is 1. The second-order valence-electron chi connectivity index (χ2n) is 5.52. The molecule has 94 valence electrons. The SMILES string of the molecule is CC(CC(C)(C)C)Oc1ccc(C(=O)O)cc1. The summed E-state index contributed by atoms with van der Waals surface area (Å²) in [4.78, 5) is 10.7. The molecule has 0 aliphatic heterocycles. The first-order valence-electron chi connectivity index (χ1n) is 5.78. The van der Waals surface area contributed by atoms with Gasteiger partial charge < -0.3 is 9.84 Å². The van der Waals surface area contributed by atoms with Crippen LogP contribution in [0.1, 0.15) is 44.5 Å². The van der Waals surface area contributed by atoms with E-state index in [9.17, 15) is 4.79 Å². The zero-order valence-corrected chi connectivity index (χ0v) is 10.9. The van der Waals surface area contributed by atoms with Gasteiger partial charge in [0.05, 0.1) is 11.7 Å². The predicted molar refractivity (Wildman–Crippen MR) is 67.6 cm³/mol. The highest BCUT2D eigenvalue weighted by molar-refractivity contribution is 5.87. The minimum absolute atomic E-state index is 0.116. The maximum Gasteiger partial charge on any atom is 0.335 e. The van der Waals surface area contributed by atoms with Gasteiger partial charge in [-0.3, -0.25) is 0 Å². The van der Waals surface area contributed by atoms with Gasteiger partial charge >= 0.3 is 5.97 Å². The smallest absolute Gasteiger partial charge is 0.335 e. The molecule has 1 N–H and O–H groups in total. The molecule has 0 aliphatic rings. The lowest BCUT2D eigenvalue weighted by atomic mass is 9.90. The Morgan fingerprint density at radius 3 is 2.24 bits per heavy atom. The Hall–Kier alpha value is -1.51. The molecule has 0 amide bonds. The fourth-order valence-corrected chi connectivity index (χ4v) is 1.81. The first-order chi connectivity index (χ1) is 7.78. The molecule has 0 fully saturated rings. The second kappa shape index (κ2) is 5.21. The maximum absolute atomic E-state index is 10.7. The summed E-state index contributed by atoms with van der Waals surface area (Å²) in [5, 5.41) is 8.77. The van der Waals surface area contributed by atoms with Crippen LogP contribution in [-0.4, -0.2) is 17.2 Å². The third kappa shape index (κ3) is 4.89. The molecule has 1 unspecified atom stereocenters. The fraction of sp³-hybridized carbons (Fsp3) is 0.500. The largest absolute Gasteiger partial charge is 0.491 e. The molecule has 1 aromatic carbocycles. The number of hydrogen-bond acceptors (Lipinski definition) is 2. The summed E-state index contributed by atoms with van der Waals surface area (Å²) in [6.07, 6.45) is 1.07. The molecule has 3 nitrogen and oxygen atoms in total. The van der Waals surface area contributed by atoms with E-state index >= 15 is 0 Å². The zero-order chi connectivity index (χ0) is 13.1. The third-order valence-corrected chi connectivity index (χ3v) is 2.34. The number of carboxylic acid groups (broad SMARTS) is 1. The van der Waals surface area contributed by atoms with Gasteiger partial charge in [-0.15, -0.1) is 0 Å². The maximum atomic E-state index is 10.7. The van der Waals surface area contributed by atoms with Gasteiger partial charge in [0.25, 0.3) is 0 Å². The van der Waals surface area contributed by atoms with Crippen molar-refractivity contribution in [3.05, 3.63) is 29.8 Å². The van der Waals surface area contributed by atoms with E-state index in [0.29, 0.717) is 5.75 Å². The molecule has 3 heteroatoms. The molecule has 0 spiro atoms. The zero-order valence-electron chi connectivity index (χ0n) is 10.9. The van der Waals surface area contributed by atoms with Gasteiger partial charge in [-0.1, -0.05) is 20.8 Å². The van der Waals surface area contributed by atoms with Crippen LogP contribution >= 0.6 is 0 Å². The predicted octanol–water partition coefficient (Wildman–Crippen LogP) is 3.59. The summed E-state index contributed by atoms with van der Waals surface area (Å²) >= 11 is 0. The number of rotatable bonds is 4. The van der Waals surface area contributed by atoms with Crippen molar-refractivity contribution < 1.29 is 14.6 Å². The van der Waals surface area contributed by atoms with Gasteiger partial charge in [0.1, 0.15) is 5.75 Å². The van der Waals surface area contributed by atoms with Crippen molar-refractivity contribution in [3.63, 3.8) is 0 Å². The summed E-state index contributed by atoms with van der Waals surface area (Å²) in [5.74, 6) is -0.203. The topological polar surface area (TPSA) is 46.5 Å². The van der Waals surface area contributed by atoms with Gasteiger partial charge in [0, 0.05) is 0 Å². The van der Waals surface area contributed by atoms with Crippen LogP contribution in [-0.2, 0) is 0 Å². The monoisotopic (exact) mass is 236 g/mol. The Morgan fingerprint density at radius 2 is 1.82 bits per heavy atom. The van der Waals surface area contributed by atoms with E-state index in [4.69, 9.17) is 9.84 Å². The van der Waals surface area contributed by atoms with Gasteiger partial charge in [0.15, 0.2) is 0 Å². The molecule has 0 radical (unpaired) electrons. The molecule has 1 aromatic rings. The Kier molecular flexibility index (Phi) is 4.16. The van der Waals surface area contributed by atoms with Crippen LogP contribution in [0.2, 0.25) is 0 Å². The molecule has 0 saturated heterocycles. The first kappa shape index (κ1) is 13.6. The molecule has 0 saturated carbocycles. The van der Waals surface area contributed by atoms with Crippen LogP contribution in [0, 0.1) is 5.41 Å². The van der Waals surface area contributed by atoms with E-state index < -0.39 is 5.97 Å². The lowest BCUT2D eigenvalue weighted by Crippen LogP contribution is -2.20. The van der Waals surface area contributed by atoms with Crippen LogP contribution in [0.4, 0.5) is 0 Å². The molecule has 0 aliphatic carbocycles. The van der Waals surface area contributed by atoms with Crippen LogP contribution in [0.15, 0.2) is 24.3 Å². The average Bonchev–Trinajstić information content (AvgIpc) is 2.15. The minimum atomic E-state index is -0.917. The van der Waals surface area contributed by atoms with Gasteiger partial charge in [-0.25, -0.2) is 4.79 Å². The van der Waals surface area contributed by atoms with Crippen molar-refractivity contribution >= 4 is 5.97 Å². The summed E-state index contributed by atoms with van der Waals surface area (Å²) < 4.78 is 5.73. The van der Waals surface area contributed by atoms with E-state index in [1.807, 2.05) is 6.92 Å². The lowest BCUT2D eigenvalue weighted by molar-refractivity contribution is 0.0697. The van der Waals surface area contributed by atoms with Crippen molar-refractivity contribution in [3.8, 4) is 5.75 Å². The van der Waals surface area contributed by atoms with E-state index in [1.54, 1.807) is 24.3 Å². The van der Waals surface area contributed by atoms with Crippen molar-refractivity contribution in [2.75, 3.05) is 0 Å². The van der Waals surface area contributed by atoms with Gasteiger partial charge in [0.2, 0.25) is 0 Å². The Balaban J connectivity index is 2.60. The highest BCUT2D eigenvalue weighted by atomic mass is 16.5. The van der Waals surface area contributed by atoms with E-state index in [0.717, 1.165) is 6.42 Å². The number of carbonyl (C=O) groups is 1. The molecule has 17 heavy (non-hydrogen) atoms. The molecule has 0 heterocycles. The highest BCUT2D eigenvalue weighted by Gasteiger charge is 2.16.